The Balaban J connectivity index is 1.19. The van der Waals surface area contributed by atoms with Crippen molar-refractivity contribution >= 4 is 33.1 Å². The summed E-state index contributed by atoms with van der Waals surface area (Å²) in [6.07, 6.45) is 6.25. The molecule has 0 spiro atoms. The lowest BCUT2D eigenvalue weighted by Gasteiger charge is -2.16. The molecule has 6 heterocycles. The quantitative estimate of drug-likeness (QED) is 0.171. The maximum atomic E-state index is 14.8. The predicted octanol–water partition coefficient (Wildman–Crippen LogP) is 8.18. The van der Waals surface area contributed by atoms with Crippen LogP contribution in [0, 0.1) is 18.6 Å². The highest BCUT2D eigenvalue weighted by molar-refractivity contribution is 7.23. The van der Waals surface area contributed by atoms with E-state index in [-0.39, 0.29) is 35.4 Å². The molecule has 1 N–H and O–H groups in total. The maximum absolute atomic E-state index is 14.8. The van der Waals surface area contributed by atoms with Gasteiger partial charge in [-0.2, -0.15) is 0 Å². The molecule has 0 unspecified atom stereocenters. The minimum absolute atomic E-state index is 0.0403. The van der Waals surface area contributed by atoms with E-state index in [0.717, 1.165) is 74.3 Å². The molecule has 50 heavy (non-hydrogen) atoms. The van der Waals surface area contributed by atoms with Crippen LogP contribution in [0.3, 0.4) is 0 Å². The molecule has 0 saturated carbocycles. The molecule has 252 valence electrons. The fourth-order valence-electron chi connectivity index (χ4n) is 7.79. The molecule has 0 radical (unpaired) electrons. The number of hydrogen-bond donors (Lipinski definition) is 1. The third kappa shape index (κ3) is 5.03. The number of methoxy groups -OCH3 is 1. The minimum atomic E-state index is -0.389. The maximum Gasteiger partial charge on any atom is 0.257 e. The predicted molar refractivity (Wildman–Crippen MR) is 185 cm³/mol. The van der Waals surface area contributed by atoms with E-state index < -0.39 is 0 Å². The van der Waals surface area contributed by atoms with Gasteiger partial charge in [0.2, 0.25) is 11.8 Å². The van der Waals surface area contributed by atoms with Gasteiger partial charge in [-0.3, -0.25) is 9.78 Å². The zero-order valence-corrected chi connectivity index (χ0v) is 28.2. The summed E-state index contributed by atoms with van der Waals surface area (Å²) < 4.78 is 40.7. The monoisotopic (exact) mass is 690 g/mol. The number of nitrogens with zero attached hydrogens (tertiary/aromatic N) is 5. The van der Waals surface area contributed by atoms with Gasteiger partial charge < -0.3 is 19.4 Å². The van der Waals surface area contributed by atoms with Crippen LogP contribution >= 0.6 is 11.3 Å². The highest BCUT2D eigenvalue weighted by Crippen LogP contribution is 2.50. The van der Waals surface area contributed by atoms with Crippen molar-refractivity contribution in [2.45, 2.75) is 57.5 Å². The fourth-order valence-corrected chi connectivity index (χ4v) is 8.95. The van der Waals surface area contributed by atoms with E-state index >= 15 is 0 Å². The van der Waals surface area contributed by atoms with Crippen molar-refractivity contribution in [1.82, 2.24) is 25.1 Å². The lowest BCUT2D eigenvalue weighted by Crippen LogP contribution is -2.22. The van der Waals surface area contributed by atoms with Crippen LogP contribution in [0.4, 0.5) is 14.6 Å². The van der Waals surface area contributed by atoms with E-state index in [1.807, 2.05) is 11.0 Å². The SMILES string of the molecule is COc1cc2c(cc1F)[C@H](Nc1nccc3cc(-c4c5c(nc(CCc6ccc(F)cc6)c4-c4nnc(C)o4)[C@@H]4CCCN4C5=O)sc13)CC2. The van der Waals surface area contributed by atoms with Crippen molar-refractivity contribution in [3.63, 3.8) is 0 Å². The number of fused-ring (bicyclic) bond motifs is 5. The van der Waals surface area contributed by atoms with Crippen molar-refractivity contribution in [3.8, 4) is 27.6 Å². The Bertz CT molecular complexity index is 2320. The van der Waals surface area contributed by atoms with Crippen molar-refractivity contribution in [2.75, 3.05) is 19.0 Å². The molecule has 4 aromatic heterocycles. The molecular formula is C38H32F2N6O3S. The number of nitrogens with one attached hydrogen (secondary N) is 1. The van der Waals surface area contributed by atoms with Crippen molar-refractivity contribution in [2.24, 2.45) is 0 Å². The second-order valence-corrected chi connectivity index (χ2v) is 14.1. The number of rotatable bonds is 8. The number of anilines is 1. The Hall–Kier alpha value is -5.23. The van der Waals surface area contributed by atoms with E-state index in [4.69, 9.17) is 19.1 Å². The summed E-state index contributed by atoms with van der Waals surface area (Å²) >= 11 is 1.54. The van der Waals surface area contributed by atoms with Gasteiger partial charge in [0.1, 0.15) is 11.6 Å². The number of aromatic nitrogens is 4. The summed E-state index contributed by atoms with van der Waals surface area (Å²) in [5, 5.41) is 13.2. The van der Waals surface area contributed by atoms with Crippen LogP contribution in [0.25, 0.3) is 32.0 Å². The molecule has 2 atom stereocenters. The van der Waals surface area contributed by atoms with Gasteiger partial charge in [-0.1, -0.05) is 12.1 Å². The number of hydrogen-bond acceptors (Lipinski definition) is 9. The van der Waals surface area contributed by atoms with Crippen molar-refractivity contribution < 1.29 is 22.7 Å². The Morgan fingerprint density at radius 2 is 1.90 bits per heavy atom. The molecule has 12 heteroatoms. The van der Waals surface area contributed by atoms with Crippen LogP contribution in [-0.4, -0.2) is 44.6 Å². The molecule has 9 rings (SSSR count). The number of amides is 1. The lowest BCUT2D eigenvalue weighted by atomic mass is 9.93. The van der Waals surface area contributed by atoms with Gasteiger partial charge in [0.25, 0.3) is 5.91 Å². The van der Waals surface area contributed by atoms with Gasteiger partial charge in [-0.05, 0) is 97.0 Å². The van der Waals surface area contributed by atoms with Gasteiger partial charge >= 0.3 is 0 Å². The Labute approximate surface area is 290 Å². The molecule has 9 nitrogen and oxygen atoms in total. The summed E-state index contributed by atoms with van der Waals surface area (Å²) in [5.41, 5.74) is 6.42. The second kappa shape index (κ2) is 12.0. The zero-order valence-electron chi connectivity index (χ0n) is 27.4. The molecule has 2 aromatic carbocycles. The number of benzene rings is 2. The van der Waals surface area contributed by atoms with Crippen LogP contribution in [0.15, 0.2) is 59.1 Å². The fraction of sp³-hybridized carbons (Fsp3) is 0.289. The van der Waals surface area contributed by atoms with Gasteiger partial charge in [0.15, 0.2) is 11.6 Å². The Morgan fingerprint density at radius 3 is 2.70 bits per heavy atom. The molecule has 0 bridgehead atoms. The molecule has 1 aliphatic carbocycles. The van der Waals surface area contributed by atoms with Gasteiger partial charge in [0, 0.05) is 30.1 Å². The largest absolute Gasteiger partial charge is 0.494 e. The molecule has 1 saturated heterocycles. The molecular weight excluding hydrogens is 659 g/mol. The van der Waals surface area contributed by atoms with Crippen LogP contribution in [0.5, 0.6) is 5.75 Å². The topological polar surface area (TPSA) is 106 Å². The molecule has 6 aromatic rings. The lowest BCUT2D eigenvalue weighted by molar-refractivity contribution is 0.0776. The number of carbonyl (C=O) groups is 1. The third-order valence-electron chi connectivity index (χ3n) is 10.1. The third-order valence-corrected chi connectivity index (χ3v) is 11.3. The standard InChI is InChI=1S/C38H32F2N6O3S/c1-19-44-45-37(49-19)31-27(11-7-20-5-9-23(39)10-6-20)42-34-28-4-3-15-46(28)38(47)33(34)32(31)30-17-22-13-14-41-36(35(22)50-30)43-26-12-8-21-16-29(48-2)25(40)18-24(21)26/h5-6,9-10,13-14,16-18,26,28H,3-4,7-8,11-12,15H2,1-2H3,(H,41,43)/t26-,28+/m1/s1. The average Bonchev–Trinajstić information content (AvgIpc) is 3.96. The highest BCUT2D eigenvalue weighted by Gasteiger charge is 2.45. The molecule has 1 fully saturated rings. The number of carbonyl (C=O) groups excluding carboxylic acids is 1. The van der Waals surface area contributed by atoms with Gasteiger partial charge in [-0.25, -0.2) is 13.8 Å². The average molecular weight is 691 g/mol. The number of thiophene rings is 1. The number of ether oxygens (including phenoxy) is 1. The van der Waals surface area contributed by atoms with Crippen LogP contribution < -0.4 is 10.1 Å². The summed E-state index contributed by atoms with van der Waals surface area (Å²) in [6.45, 7) is 2.42. The highest BCUT2D eigenvalue weighted by atomic mass is 32.1. The molecule has 1 amide bonds. The second-order valence-electron chi connectivity index (χ2n) is 13.1. The first-order chi connectivity index (χ1) is 24.4. The van der Waals surface area contributed by atoms with Crippen molar-refractivity contribution in [3.05, 3.63) is 106 Å². The van der Waals surface area contributed by atoms with Gasteiger partial charge in [-0.15, -0.1) is 21.5 Å². The summed E-state index contributed by atoms with van der Waals surface area (Å²) in [4.78, 5) is 26.9. The van der Waals surface area contributed by atoms with Crippen LogP contribution in [0.2, 0.25) is 0 Å². The van der Waals surface area contributed by atoms with E-state index in [1.165, 1.54) is 30.6 Å². The van der Waals surface area contributed by atoms with Crippen LogP contribution in [-0.2, 0) is 19.3 Å². The molecule has 3 aliphatic rings. The van der Waals surface area contributed by atoms with E-state index in [2.05, 4.69) is 21.6 Å². The number of halogens is 2. The first-order valence-electron chi connectivity index (χ1n) is 16.8. The number of pyridine rings is 2. The Kier molecular flexibility index (Phi) is 7.38. The van der Waals surface area contributed by atoms with Crippen LogP contribution in [0.1, 0.15) is 75.7 Å². The smallest absolute Gasteiger partial charge is 0.257 e. The normalized spacial score (nSPS) is 17.8. The number of aryl methyl sites for hydroxylation is 4. The first-order valence-corrected chi connectivity index (χ1v) is 17.6. The van der Waals surface area contributed by atoms with Gasteiger partial charge in [0.05, 0.1) is 46.4 Å². The zero-order chi connectivity index (χ0) is 34.1. The molecule has 2 aliphatic heterocycles. The minimum Gasteiger partial charge on any atom is -0.494 e. The Morgan fingerprint density at radius 1 is 1.04 bits per heavy atom. The van der Waals surface area contributed by atoms with E-state index in [9.17, 15) is 13.6 Å². The first kappa shape index (κ1) is 30.8. The van der Waals surface area contributed by atoms with E-state index in [0.29, 0.717) is 48.1 Å². The van der Waals surface area contributed by atoms with E-state index in [1.54, 1.807) is 37.4 Å². The summed E-state index contributed by atoms with van der Waals surface area (Å²) in [5.74, 6) is 0.929. The summed E-state index contributed by atoms with van der Waals surface area (Å²) in [7, 11) is 1.48. The van der Waals surface area contributed by atoms with Crippen molar-refractivity contribution in [1.29, 1.82) is 0 Å². The summed E-state index contributed by atoms with van der Waals surface area (Å²) in [6, 6.07) is 13.7.